The molecule has 3 aromatic rings. The summed E-state index contributed by atoms with van der Waals surface area (Å²) in [7, 11) is 0. The van der Waals surface area contributed by atoms with Gasteiger partial charge in [-0.05, 0) is 23.3 Å². The Labute approximate surface area is 153 Å². The molecule has 0 radical (unpaired) electrons. The number of benzene rings is 2. The number of aryl methyl sites for hydroxylation is 1. The van der Waals surface area contributed by atoms with Crippen LogP contribution in [0.4, 0.5) is 5.82 Å². The Kier molecular flexibility index (Phi) is 4.52. The summed E-state index contributed by atoms with van der Waals surface area (Å²) < 4.78 is 0. The van der Waals surface area contributed by atoms with Crippen LogP contribution in [0, 0.1) is 6.92 Å². The zero-order valence-corrected chi connectivity index (χ0v) is 14.9. The summed E-state index contributed by atoms with van der Waals surface area (Å²) in [6.07, 6.45) is 2.05. The summed E-state index contributed by atoms with van der Waals surface area (Å²) in [5, 5.41) is 2.35. The Hall–Kier alpha value is -2.95. The normalized spacial score (nSPS) is 14.7. The SMILES string of the molecule is Cc1cc(N2CCN(C(=O)Cc3cccc4ccccc34)CC2)ncn1. The van der Waals surface area contributed by atoms with Gasteiger partial charge in [-0.1, -0.05) is 42.5 Å². The lowest BCUT2D eigenvalue weighted by molar-refractivity contribution is -0.130. The highest BCUT2D eigenvalue weighted by Crippen LogP contribution is 2.20. The van der Waals surface area contributed by atoms with E-state index in [1.54, 1.807) is 6.33 Å². The Balaban J connectivity index is 1.42. The van der Waals surface area contributed by atoms with E-state index >= 15 is 0 Å². The number of carbonyl (C=O) groups excluding carboxylic acids is 1. The topological polar surface area (TPSA) is 49.3 Å². The van der Waals surface area contributed by atoms with Gasteiger partial charge >= 0.3 is 0 Å². The molecule has 2 aromatic carbocycles. The second kappa shape index (κ2) is 7.12. The van der Waals surface area contributed by atoms with Crippen LogP contribution in [0.5, 0.6) is 0 Å². The number of carbonyl (C=O) groups is 1. The maximum absolute atomic E-state index is 12.8. The van der Waals surface area contributed by atoms with E-state index in [9.17, 15) is 4.79 Å². The van der Waals surface area contributed by atoms with E-state index in [4.69, 9.17) is 0 Å². The van der Waals surface area contributed by atoms with Gasteiger partial charge in [0.2, 0.25) is 5.91 Å². The molecule has 0 saturated carbocycles. The van der Waals surface area contributed by atoms with Crippen LogP contribution in [0.1, 0.15) is 11.3 Å². The van der Waals surface area contributed by atoms with E-state index in [1.807, 2.05) is 36.1 Å². The quantitative estimate of drug-likeness (QED) is 0.732. The molecule has 0 atom stereocenters. The summed E-state index contributed by atoms with van der Waals surface area (Å²) in [6.45, 7) is 5.03. The van der Waals surface area contributed by atoms with Gasteiger partial charge in [-0.15, -0.1) is 0 Å². The van der Waals surface area contributed by atoms with Crippen LogP contribution < -0.4 is 4.90 Å². The highest BCUT2D eigenvalue weighted by molar-refractivity contribution is 5.90. The molecule has 1 fully saturated rings. The third-order valence-electron chi connectivity index (χ3n) is 4.97. The first-order valence-corrected chi connectivity index (χ1v) is 8.99. The van der Waals surface area contributed by atoms with Gasteiger partial charge in [0.15, 0.2) is 0 Å². The molecular formula is C21H22N4O. The van der Waals surface area contributed by atoms with E-state index < -0.39 is 0 Å². The summed E-state index contributed by atoms with van der Waals surface area (Å²) in [4.78, 5) is 25.5. The van der Waals surface area contributed by atoms with Gasteiger partial charge in [-0.3, -0.25) is 4.79 Å². The summed E-state index contributed by atoms with van der Waals surface area (Å²) >= 11 is 0. The summed E-state index contributed by atoms with van der Waals surface area (Å²) in [5.74, 6) is 1.14. The molecule has 1 aromatic heterocycles. The number of aromatic nitrogens is 2. The molecule has 1 saturated heterocycles. The Morgan fingerprint density at radius 3 is 2.58 bits per heavy atom. The average molecular weight is 346 g/mol. The van der Waals surface area contributed by atoms with Crippen molar-refractivity contribution in [3.63, 3.8) is 0 Å². The third kappa shape index (κ3) is 3.38. The second-order valence-corrected chi connectivity index (χ2v) is 6.70. The number of amides is 1. The summed E-state index contributed by atoms with van der Waals surface area (Å²) in [5.41, 5.74) is 2.06. The highest BCUT2D eigenvalue weighted by Gasteiger charge is 2.22. The minimum Gasteiger partial charge on any atom is -0.353 e. The van der Waals surface area contributed by atoms with Crippen LogP contribution in [0.15, 0.2) is 54.9 Å². The minimum atomic E-state index is 0.194. The van der Waals surface area contributed by atoms with Crippen molar-refractivity contribution in [3.05, 3.63) is 66.1 Å². The van der Waals surface area contributed by atoms with Gasteiger partial charge in [0.25, 0.3) is 0 Å². The van der Waals surface area contributed by atoms with Crippen LogP contribution in [-0.4, -0.2) is 47.0 Å². The number of fused-ring (bicyclic) bond motifs is 1. The summed E-state index contributed by atoms with van der Waals surface area (Å²) in [6, 6.07) is 16.4. The molecule has 0 bridgehead atoms. The van der Waals surface area contributed by atoms with Crippen molar-refractivity contribution in [1.82, 2.24) is 14.9 Å². The fourth-order valence-corrected chi connectivity index (χ4v) is 3.52. The van der Waals surface area contributed by atoms with Gasteiger partial charge in [-0.2, -0.15) is 0 Å². The van der Waals surface area contributed by atoms with Crippen molar-refractivity contribution in [2.45, 2.75) is 13.3 Å². The van der Waals surface area contributed by atoms with E-state index in [2.05, 4.69) is 39.1 Å². The standard InChI is InChI=1S/C21H22N4O/c1-16-13-20(23-15-22-16)24-9-11-25(12-10-24)21(26)14-18-7-4-6-17-5-2-3-8-19(17)18/h2-8,13,15H,9-12,14H2,1H3. The molecule has 0 spiro atoms. The molecule has 0 aliphatic carbocycles. The Bertz CT molecular complexity index is 927. The number of hydrogen-bond acceptors (Lipinski definition) is 4. The first-order chi connectivity index (χ1) is 12.7. The van der Waals surface area contributed by atoms with Crippen LogP contribution in [0.2, 0.25) is 0 Å². The van der Waals surface area contributed by atoms with Crippen LogP contribution in [0.25, 0.3) is 10.8 Å². The molecule has 0 N–H and O–H groups in total. The van der Waals surface area contributed by atoms with Crippen molar-refractivity contribution in [2.24, 2.45) is 0 Å². The third-order valence-corrected chi connectivity index (χ3v) is 4.97. The maximum Gasteiger partial charge on any atom is 0.227 e. The predicted octanol–water partition coefficient (Wildman–Crippen LogP) is 2.83. The lowest BCUT2D eigenvalue weighted by Gasteiger charge is -2.35. The molecule has 1 aliphatic rings. The van der Waals surface area contributed by atoms with Gasteiger partial charge in [0, 0.05) is 37.9 Å². The largest absolute Gasteiger partial charge is 0.353 e. The number of nitrogens with zero attached hydrogens (tertiary/aromatic N) is 4. The van der Waals surface area contributed by atoms with E-state index in [0.29, 0.717) is 6.42 Å². The van der Waals surface area contributed by atoms with Gasteiger partial charge in [0.05, 0.1) is 6.42 Å². The van der Waals surface area contributed by atoms with Gasteiger partial charge in [0.1, 0.15) is 12.1 Å². The monoisotopic (exact) mass is 346 g/mol. The lowest BCUT2D eigenvalue weighted by atomic mass is 10.0. The van der Waals surface area contributed by atoms with Crippen LogP contribution in [-0.2, 0) is 11.2 Å². The molecule has 1 amide bonds. The second-order valence-electron chi connectivity index (χ2n) is 6.70. The fourth-order valence-electron chi connectivity index (χ4n) is 3.52. The van der Waals surface area contributed by atoms with Crippen molar-refractivity contribution in [1.29, 1.82) is 0 Å². The first kappa shape index (κ1) is 16.5. The molecule has 26 heavy (non-hydrogen) atoms. The van der Waals surface area contributed by atoms with Crippen molar-refractivity contribution in [3.8, 4) is 0 Å². The van der Waals surface area contributed by atoms with Gasteiger partial charge < -0.3 is 9.80 Å². The molecule has 132 valence electrons. The molecule has 5 heteroatoms. The van der Waals surface area contributed by atoms with Crippen molar-refractivity contribution in [2.75, 3.05) is 31.1 Å². The zero-order valence-electron chi connectivity index (χ0n) is 14.9. The molecule has 2 heterocycles. The molecular weight excluding hydrogens is 324 g/mol. The van der Waals surface area contributed by atoms with Crippen LogP contribution >= 0.6 is 0 Å². The van der Waals surface area contributed by atoms with E-state index in [-0.39, 0.29) is 5.91 Å². The number of rotatable bonds is 3. The first-order valence-electron chi connectivity index (χ1n) is 8.99. The molecule has 1 aliphatic heterocycles. The van der Waals surface area contributed by atoms with E-state index in [1.165, 1.54) is 10.8 Å². The van der Waals surface area contributed by atoms with Crippen molar-refractivity contribution >= 4 is 22.5 Å². The van der Waals surface area contributed by atoms with Crippen LogP contribution in [0.3, 0.4) is 0 Å². The number of piperazine rings is 1. The minimum absolute atomic E-state index is 0.194. The molecule has 0 unspecified atom stereocenters. The smallest absolute Gasteiger partial charge is 0.227 e. The highest BCUT2D eigenvalue weighted by atomic mass is 16.2. The van der Waals surface area contributed by atoms with Gasteiger partial charge in [-0.25, -0.2) is 9.97 Å². The zero-order chi connectivity index (χ0) is 17.9. The van der Waals surface area contributed by atoms with E-state index in [0.717, 1.165) is 43.3 Å². The average Bonchev–Trinajstić information content (AvgIpc) is 2.68. The predicted molar refractivity (Wildman–Crippen MR) is 103 cm³/mol. The Morgan fingerprint density at radius 2 is 1.77 bits per heavy atom. The fraction of sp³-hybridized carbons (Fsp3) is 0.286. The molecule has 5 nitrogen and oxygen atoms in total. The lowest BCUT2D eigenvalue weighted by Crippen LogP contribution is -2.49. The Morgan fingerprint density at radius 1 is 1.00 bits per heavy atom. The maximum atomic E-state index is 12.8. The number of hydrogen-bond donors (Lipinski definition) is 0. The number of anilines is 1. The van der Waals surface area contributed by atoms with Crippen molar-refractivity contribution < 1.29 is 4.79 Å². The molecule has 4 rings (SSSR count).